The van der Waals surface area contributed by atoms with Crippen LogP contribution in [0.2, 0.25) is 0 Å². The van der Waals surface area contributed by atoms with Crippen LogP contribution in [0.5, 0.6) is 0 Å². The molecule has 24 heavy (non-hydrogen) atoms. The van der Waals surface area contributed by atoms with Gasteiger partial charge in [-0.1, -0.05) is 18.2 Å². The predicted octanol–water partition coefficient (Wildman–Crippen LogP) is 2.86. The van der Waals surface area contributed by atoms with E-state index in [4.69, 9.17) is 4.98 Å². The molecule has 5 nitrogen and oxygen atoms in total. The number of nitrogens with one attached hydrogen (secondary N) is 2. The molecule has 0 bridgehead atoms. The zero-order chi connectivity index (χ0) is 16.5. The van der Waals surface area contributed by atoms with Gasteiger partial charge in [-0.25, -0.2) is 4.98 Å². The second-order valence-electron chi connectivity index (χ2n) is 6.30. The first kappa shape index (κ1) is 14.9. The Bertz CT molecular complexity index is 876. The summed E-state index contributed by atoms with van der Waals surface area (Å²) in [6, 6.07) is 11.9. The van der Waals surface area contributed by atoms with Crippen LogP contribution in [0, 0.1) is 12.8 Å². The molecule has 3 heterocycles. The van der Waals surface area contributed by atoms with Crippen LogP contribution in [0.25, 0.3) is 16.9 Å². The van der Waals surface area contributed by atoms with E-state index >= 15 is 0 Å². The Morgan fingerprint density at radius 3 is 2.83 bits per heavy atom. The lowest BCUT2D eigenvalue weighted by molar-refractivity contribution is -0.119. The first-order valence-corrected chi connectivity index (χ1v) is 8.27. The molecule has 0 spiro atoms. The number of rotatable bonds is 3. The van der Waals surface area contributed by atoms with E-state index in [9.17, 15) is 4.79 Å². The summed E-state index contributed by atoms with van der Waals surface area (Å²) in [5.74, 6) is 0.169. The maximum atomic E-state index is 12.2. The highest BCUT2D eigenvalue weighted by molar-refractivity contribution is 5.93. The van der Waals surface area contributed by atoms with Gasteiger partial charge in [-0.3, -0.25) is 4.79 Å². The Morgan fingerprint density at radius 1 is 1.29 bits per heavy atom. The molecule has 1 aliphatic heterocycles. The van der Waals surface area contributed by atoms with Crippen molar-refractivity contribution < 1.29 is 4.79 Å². The fourth-order valence-electron chi connectivity index (χ4n) is 3.14. The quantitative estimate of drug-likeness (QED) is 0.780. The standard InChI is InChI=1S/C19H20N4O/c1-13-3-2-10-23-12-17(22-18(13)23)14-4-6-16(7-5-14)21-19(24)15-8-9-20-11-15/h2-7,10,12,15,20H,8-9,11H2,1H3,(H,21,24). The molecule has 5 heteroatoms. The third-order valence-corrected chi connectivity index (χ3v) is 4.56. The summed E-state index contributed by atoms with van der Waals surface area (Å²) in [6.07, 6.45) is 4.94. The van der Waals surface area contributed by atoms with Crippen molar-refractivity contribution in [2.24, 2.45) is 5.92 Å². The number of amides is 1. The Kier molecular flexibility index (Phi) is 3.78. The molecular formula is C19H20N4O. The Labute approximate surface area is 140 Å². The molecule has 3 aromatic rings. The van der Waals surface area contributed by atoms with E-state index in [2.05, 4.69) is 23.6 Å². The summed E-state index contributed by atoms with van der Waals surface area (Å²) < 4.78 is 2.04. The molecule has 1 unspecified atom stereocenters. The van der Waals surface area contributed by atoms with E-state index in [0.29, 0.717) is 0 Å². The largest absolute Gasteiger partial charge is 0.326 e. The summed E-state index contributed by atoms with van der Waals surface area (Å²) in [5, 5.41) is 6.21. The van der Waals surface area contributed by atoms with Gasteiger partial charge >= 0.3 is 0 Å². The van der Waals surface area contributed by atoms with E-state index in [1.807, 2.05) is 47.1 Å². The Balaban J connectivity index is 1.54. The van der Waals surface area contributed by atoms with Gasteiger partial charge in [0, 0.05) is 30.2 Å². The maximum absolute atomic E-state index is 12.2. The molecule has 1 aromatic carbocycles. The summed E-state index contributed by atoms with van der Waals surface area (Å²) in [4.78, 5) is 16.9. The lowest BCUT2D eigenvalue weighted by atomic mass is 10.1. The van der Waals surface area contributed by atoms with Crippen LogP contribution in [0.4, 0.5) is 5.69 Å². The van der Waals surface area contributed by atoms with Gasteiger partial charge in [-0.2, -0.15) is 0 Å². The minimum absolute atomic E-state index is 0.0751. The van der Waals surface area contributed by atoms with Crippen molar-refractivity contribution in [3.05, 3.63) is 54.4 Å². The van der Waals surface area contributed by atoms with Gasteiger partial charge in [0.2, 0.25) is 5.91 Å². The van der Waals surface area contributed by atoms with Crippen LogP contribution in [0.3, 0.4) is 0 Å². The van der Waals surface area contributed by atoms with Crippen molar-refractivity contribution in [1.82, 2.24) is 14.7 Å². The predicted molar refractivity (Wildman–Crippen MR) is 95.0 cm³/mol. The summed E-state index contributed by atoms with van der Waals surface area (Å²) in [7, 11) is 0. The SMILES string of the molecule is Cc1cccn2cc(-c3ccc(NC(=O)C4CCNC4)cc3)nc12. The number of hydrogen-bond donors (Lipinski definition) is 2. The lowest BCUT2D eigenvalue weighted by Crippen LogP contribution is -2.24. The van der Waals surface area contributed by atoms with E-state index in [-0.39, 0.29) is 11.8 Å². The number of carbonyl (C=O) groups excluding carboxylic acids is 1. The van der Waals surface area contributed by atoms with Crippen molar-refractivity contribution in [3.63, 3.8) is 0 Å². The van der Waals surface area contributed by atoms with Crippen LogP contribution < -0.4 is 10.6 Å². The van der Waals surface area contributed by atoms with Gasteiger partial charge in [0.1, 0.15) is 5.65 Å². The second kappa shape index (κ2) is 6.09. The minimum atomic E-state index is 0.0751. The number of aromatic nitrogens is 2. The number of aryl methyl sites for hydroxylation is 1. The highest BCUT2D eigenvalue weighted by Gasteiger charge is 2.22. The topological polar surface area (TPSA) is 58.4 Å². The highest BCUT2D eigenvalue weighted by Crippen LogP contribution is 2.23. The summed E-state index contributed by atoms with van der Waals surface area (Å²) in [6.45, 7) is 3.75. The van der Waals surface area contributed by atoms with Crippen LogP contribution in [0.15, 0.2) is 48.8 Å². The van der Waals surface area contributed by atoms with Gasteiger partial charge < -0.3 is 15.0 Å². The lowest BCUT2D eigenvalue weighted by Gasteiger charge is -2.10. The minimum Gasteiger partial charge on any atom is -0.326 e. The second-order valence-corrected chi connectivity index (χ2v) is 6.30. The molecule has 1 fully saturated rings. The molecule has 4 rings (SSSR count). The van der Waals surface area contributed by atoms with Gasteiger partial charge in [0.25, 0.3) is 0 Å². The number of benzene rings is 1. The number of imidazole rings is 1. The van der Waals surface area contributed by atoms with Gasteiger partial charge in [-0.05, 0) is 43.7 Å². The van der Waals surface area contributed by atoms with Crippen LogP contribution in [0.1, 0.15) is 12.0 Å². The zero-order valence-corrected chi connectivity index (χ0v) is 13.6. The van der Waals surface area contributed by atoms with Crippen molar-refractivity contribution in [3.8, 4) is 11.3 Å². The smallest absolute Gasteiger partial charge is 0.228 e. The van der Waals surface area contributed by atoms with Crippen LogP contribution >= 0.6 is 0 Å². The maximum Gasteiger partial charge on any atom is 0.228 e. The third-order valence-electron chi connectivity index (χ3n) is 4.56. The van der Waals surface area contributed by atoms with Gasteiger partial charge in [-0.15, -0.1) is 0 Å². The first-order chi connectivity index (χ1) is 11.7. The van der Waals surface area contributed by atoms with Gasteiger partial charge in [0.05, 0.1) is 11.6 Å². The van der Waals surface area contributed by atoms with E-state index in [1.165, 1.54) is 0 Å². The average Bonchev–Trinajstić information content (AvgIpc) is 3.26. The fourth-order valence-corrected chi connectivity index (χ4v) is 3.14. The zero-order valence-electron chi connectivity index (χ0n) is 13.6. The number of anilines is 1. The molecule has 0 aliphatic carbocycles. The van der Waals surface area contributed by atoms with Crippen molar-refractivity contribution in [2.45, 2.75) is 13.3 Å². The van der Waals surface area contributed by atoms with Crippen LogP contribution in [-0.2, 0) is 4.79 Å². The van der Waals surface area contributed by atoms with Crippen molar-refractivity contribution in [2.75, 3.05) is 18.4 Å². The number of nitrogens with zero attached hydrogens (tertiary/aromatic N) is 2. The molecule has 1 saturated heterocycles. The van der Waals surface area contributed by atoms with E-state index in [1.54, 1.807) is 0 Å². The summed E-state index contributed by atoms with van der Waals surface area (Å²) >= 11 is 0. The normalized spacial score (nSPS) is 17.3. The van der Waals surface area contributed by atoms with Gasteiger partial charge in [0.15, 0.2) is 0 Å². The van der Waals surface area contributed by atoms with E-state index < -0.39 is 0 Å². The monoisotopic (exact) mass is 320 g/mol. The van der Waals surface area contributed by atoms with E-state index in [0.717, 1.165) is 47.7 Å². The average molecular weight is 320 g/mol. The molecule has 1 amide bonds. The summed E-state index contributed by atoms with van der Waals surface area (Å²) in [5.41, 5.74) is 4.92. The molecule has 122 valence electrons. The first-order valence-electron chi connectivity index (χ1n) is 8.27. The molecule has 1 aliphatic rings. The number of hydrogen-bond acceptors (Lipinski definition) is 3. The number of fused-ring (bicyclic) bond motifs is 1. The van der Waals surface area contributed by atoms with Crippen molar-refractivity contribution >= 4 is 17.2 Å². The molecule has 2 N–H and O–H groups in total. The molecule has 1 atom stereocenters. The number of carbonyl (C=O) groups is 1. The highest BCUT2D eigenvalue weighted by atomic mass is 16.1. The van der Waals surface area contributed by atoms with Crippen molar-refractivity contribution in [1.29, 1.82) is 0 Å². The molecule has 0 saturated carbocycles. The molecular weight excluding hydrogens is 300 g/mol. The third kappa shape index (κ3) is 2.78. The van der Waals surface area contributed by atoms with Crippen LogP contribution in [-0.4, -0.2) is 28.4 Å². The number of pyridine rings is 1. The fraction of sp³-hybridized carbons (Fsp3) is 0.263. The Hall–Kier alpha value is -2.66. The molecule has 2 aromatic heterocycles. The molecule has 0 radical (unpaired) electrons. The Morgan fingerprint density at radius 2 is 2.12 bits per heavy atom.